The van der Waals surface area contributed by atoms with Crippen molar-refractivity contribution in [3.05, 3.63) is 39.5 Å². The molecule has 0 atom stereocenters. The topological polar surface area (TPSA) is 13.1 Å². The maximum Gasteiger partial charge on any atom is 0.134 e. The Balaban J connectivity index is 2.56. The number of hydrogen-bond donors (Lipinski definition) is 0. The molecule has 0 saturated carbocycles. The van der Waals surface area contributed by atoms with Crippen LogP contribution in [0.15, 0.2) is 38.1 Å². The molecule has 1 aromatic heterocycles. The third-order valence-electron chi connectivity index (χ3n) is 1.70. The molecule has 0 radical (unpaired) electrons. The van der Waals surface area contributed by atoms with Gasteiger partial charge in [-0.3, -0.25) is 0 Å². The fourth-order valence-corrected chi connectivity index (χ4v) is 1.63. The summed E-state index contributed by atoms with van der Waals surface area (Å²) in [5.41, 5.74) is 0.912. The van der Waals surface area contributed by atoms with Crippen molar-refractivity contribution in [3.8, 4) is 0 Å². The van der Waals surface area contributed by atoms with Crippen LogP contribution in [0.4, 0.5) is 0 Å². The van der Waals surface area contributed by atoms with E-state index in [4.69, 9.17) is 4.42 Å². The summed E-state index contributed by atoms with van der Waals surface area (Å²) in [4.78, 5) is 0. The molecular weight excluding hydrogens is 296 g/mol. The molecule has 1 nitrogen and oxygen atoms in total. The summed E-state index contributed by atoms with van der Waals surface area (Å²) in [6, 6.07) is 9.93. The molecule has 0 N–H and O–H groups in total. The summed E-state index contributed by atoms with van der Waals surface area (Å²) in [5, 5.41) is 1.12. The lowest BCUT2D eigenvalue weighted by atomic mass is 10.2. The van der Waals surface area contributed by atoms with Crippen molar-refractivity contribution in [2.45, 2.75) is 0 Å². The zero-order valence-corrected chi connectivity index (χ0v) is 9.80. The summed E-state index contributed by atoms with van der Waals surface area (Å²) in [7, 11) is 0. The first-order valence-corrected chi connectivity index (χ1v) is 5.35. The number of halogens is 2. The first-order chi connectivity index (χ1) is 6.25. The molecule has 0 bridgehead atoms. The molecule has 2 aromatic rings. The van der Waals surface area contributed by atoms with Crippen LogP contribution in [0.5, 0.6) is 0 Å². The van der Waals surface area contributed by atoms with Crippen molar-refractivity contribution < 1.29 is 4.42 Å². The number of furan rings is 1. The van der Waals surface area contributed by atoms with Gasteiger partial charge in [-0.25, -0.2) is 0 Å². The summed E-state index contributed by atoms with van der Waals surface area (Å²) < 4.78 is 6.42. The Morgan fingerprint density at radius 3 is 2.69 bits per heavy atom. The summed E-state index contributed by atoms with van der Waals surface area (Å²) in [6.45, 7) is 0. The fourth-order valence-electron chi connectivity index (χ4n) is 1.18. The zero-order chi connectivity index (χ0) is 9.26. The van der Waals surface area contributed by atoms with Crippen LogP contribution >= 0.6 is 31.9 Å². The van der Waals surface area contributed by atoms with Crippen molar-refractivity contribution >= 4 is 48.9 Å². The van der Waals surface area contributed by atoms with Gasteiger partial charge in [0.1, 0.15) is 11.3 Å². The smallest absolute Gasteiger partial charge is 0.134 e. The van der Waals surface area contributed by atoms with Crippen molar-refractivity contribution in [1.29, 1.82) is 0 Å². The molecule has 13 heavy (non-hydrogen) atoms. The maximum atomic E-state index is 5.54. The van der Waals surface area contributed by atoms with Crippen LogP contribution in [0.25, 0.3) is 17.0 Å². The SMILES string of the molecule is BrC(Br)=Cc1cc2ccccc2o1. The van der Waals surface area contributed by atoms with Gasteiger partial charge in [0.2, 0.25) is 0 Å². The molecule has 0 spiro atoms. The van der Waals surface area contributed by atoms with Crippen LogP contribution in [-0.2, 0) is 0 Å². The average molecular weight is 302 g/mol. The van der Waals surface area contributed by atoms with E-state index in [2.05, 4.69) is 31.9 Å². The quantitative estimate of drug-likeness (QED) is 0.755. The third kappa shape index (κ3) is 2.03. The minimum atomic E-state index is 0.838. The highest BCUT2D eigenvalue weighted by molar-refractivity contribution is 9.28. The molecule has 0 saturated heterocycles. The van der Waals surface area contributed by atoms with E-state index in [1.807, 2.05) is 36.4 Å². The number of para-hydroxylation sites is 1. The Bertz CT molecular complexity index is 420. The van der Waals surface area contributed by atoms with Gasteiger partial charge in [-0.1, -0.05) is 18.2 Å². The lowest BCUT2D eigenvalue weighted by molar-refractivity contribution is 0.604. The van der Waals surface area contributed by atoms with Gasteiger partial charge in [0.25, 0.3) is 0 Å². The Morgan fingerprint density at radius 2 is 2.00 bits per heavy atom. The second-order valence-corrected chi connectivity index (χ2v) is 5.39. The maximum absolute atomic E-state index is 5.54. The number of rotatable bonds is 1. The van der Waals surface area contributed by atoms with E-state index in [1.165, 1.54) is 0 Å². The molecule has 0 unspecified atom stereocenters. The molecule has 1 aromatic carbocycles. The Kier molecular flexibility index (Phi) is 2.56. The number of benzene rings is 1. The lowest BCUT2D eigenvalue weighted by Gasteiger charge is -1.84. The summed E-state index contributed by atoms with van der Waals surface area (Å²) in [6.07, 6.45) is 1.88. The zero-order valence-electron chi connectivity index (χ0n) is 6.63. The van der Waals surface area contributed by atoms with E-state index in [0.29, 0.717) is 0 Å². The lowest BCUT2D eigenvalue weighted by Crippen LogP contribution is -1.57. The first-order valence-electron chi connectivity index (χ1n) is 3.77. The van der Waals surface area contributed by atoms with Crippen molar-refractivity contribution in [2.75, 3.05) is 0 Å². The van der Waals surface area contributed by atoms with Crippen LogP contribution < -0.4 is 0 Å². The van der Waals surface area contributed by atoms with E-state index in [9.17, 15) is 0 Å². The molecule has 0 amide bonds. The van der Waals surface area contributed by atoms with Gasteiger partial charge in [0.05, 0.1) is 3.39 Å². The minimum absolute atomic E-state index is 0.838. The van der Waals surface area contributed by atoms with E-state index in [0.717, 1.165) is 20.1 Å². The Hall–Kier alpha value is -0.540. The van der Waals surface area contributed by atoms with Crippen LogP contribution in [0.1, 0.15) is 5.76 Å². The standard InChI is InChI=1S/C10H6Br2O/c11-10(12)6-8-5-7-3-1-2-4-9(7)13-8/h1-6H. The van der Waals surface area contributed by atoms with E-state index < -0.39 is 0 Å². The van der Waals surface area contributed by atoms with Crippen molar-refractivity contribution in [3.63, 3.8) is 0 Å². The molecule has 0 aliphatic heterocycles. The summed E-state index contributed by atoms with van der Waals surface area (Å²) in [5.74, 6) is 0.838. The number of hydrogen-bond acceptors (Lipinski definition) is 1. The van der Waals surface area contributed by atoms with Crippen LogP contribution in [0.3, 0.4) is 0 Å². The number of fused-ring (bicyclic) bond motifs is 1. The predicted octanol–water partition coefficient (Wildman–Crippen LogP) is 4.52. The van der Waals surface area contributed by atoms with Gasteiger partial charge in [0.15, 0.2) is 0 Å². The van der Waals surface area contributed by atoms with Crippen LogP contribution in [-0.4, -0.2) is 0 Å². The van der Waals surface area contributed by atoms with Gasteiger partial charge >= 0.3 is 0 Å². The van der Waals surface area contributed by atoms with Gasteiger partial charge < -0.3 is 4.42 Å². The molecule has 3 heteroatoms. The highest BCUT2D eigenvalue weighted by Gasteiger charge is 1.99. The van der Waals surface area contributed by atoms with Crippen LogP contribution in [0, 0.1) is 0 Å². The minimum Gasteiger partial charge on any atom is -0.457 e. The molecule has 0 aliphatic carbocycles. The molecular formula is C10H6Br2O. The molecule has 1 heterocycles. The predicted molar refractivity (Wildman–Crippen MR) is 62.0 cm³/mol. The Morgan fingerprint density at radius 1 is 1.23 bits per heavy atom. The Labute approximate surface area is 92.7 Å². The molecule has 0 aliphatic rings. The highest BCUT2D eigenvalue weighted by atomic mass is 79.9. The van der Waals surface area contributed by atoms with Gasteiger partial charge in [-0.05, 0) is 44.0 Å². The fraction of sp³-hybridized carbons (Fsp3) is 0. The van der Waals surface area contributed by atoms with Crippen molar-refractivity contribution in [2.24, 2.45) is 0 Å². The van der Waals surface area contributed by atoms with Crippen molar-refractivity contribution in [1.82, 2.24) is 0 Å². The van der Waals surface area contributed by atoms with E-state index in [-0.39, 0.29) is 0 Å². The van der Waals surface area contributed by atoms with Gasteiger partial charge in [0, 0.05) is 11.5 Å². The third-order valence-corrected chi connectivity index (χ3v) is 2.15. The van der Waals surface area contributed by atoms with Gasteiger partial charge in [-0.15, -0.1) is 0 Å². The van der Waals surface area contributed by atoms with Crippen LogP contribution in [0.2, 0.25) is 0 Å². The van der Waals surface area contributed by atoms with Gasteiger partial charge in [-0.2, -0.15) is 0 Å². The molecule has 2 rings (SSSR count). The molecule has 0 fully saturated rings. The normalized spacial score (nSPS) is 10.3. The second kappa shape index (κ2) is 3.68. The van der Waals surface area contributed by atoms with E-state index in [1.54, 1.807) is 0 Å². The largest absolute Gasteiger partial charge is 0.457 e. The second-order valence-electron chi connectivity index (χ2n) is 2.62. The first kappa shape index (κ1) is 9.03. The summed E-state index contributed by atoms with van der Waals surface area (Å²) >= 11 is 6.57. The van der Waals surface area contributed by atoms with E-state index >= 15 is 0 Å². The highest BCUT2D eigenvalue weighted by Crippen LogP contribution is 2.23. The molecule has 66 valence electrons. The monoisotopic (exact) mass is 300 g/mol. The average Bonchev–Trinajstić information content (AvgIpc) is 2.44.